The average molecular weight is 753 g/mol. The van der Waals surface area contributed by atoms with E-state index in [9.17, 15) is 8.42 Å². The quantitative estimate of drug-likeness (QED) is 0.236. The summed E-state index contributed by atoms with van der Waals surface area (Å²) in [5.74, 6) is 0.609. The van der Waals surface area contributed by atoms with Crippen LogP contribution in [0.15, 0.2) is 40.1 Å². The van der Waals surface area contributed by atoms with Crippen molar-refractivity contribution < 1.29 is 17.9 Å². The molecule has 30 heavy (non-hydrogen) atoms. The van der Waals surface area contributed by atoms with Gasteiger partial charge in [-0.3, -0.25) is 0 Å². The highest BCUT2D eigenvalue weighted by Crippen LogP contribution is 2.38. The molecule has 0 N–H and O–H groups in total. The van der Waals surface area contributed by atoms with Crippen LogP contribution in [0.2, 0.25) is 15.1 Å². The number of halogens is 7. The zero-order chi connectivity index (χ0) is 22.5. The Hall–Kier alpha value is 0.780. The van der Waals surface area contributed by atoms with Gasteiger partial charge in [-0.1, -0.05) is 98.5 Å². The third-order valence-corrected chi connectivity index (χ3v) is 10.7. The minimum atomic E-state index is -3.91. The highest BCUT2D eigenvalue weighted by Gasteiger charge is 2.23. The van der Waals surface area contributed by atoms with E-state index < -0.39 is 9.84 Å². The van der Waals surface area contributed by atoms with Crippen LogP contribution in [0.5, 0.6) is 11.5 Å². The summed E-state index contributed by atoms with van der Waals surface area (Å²) in [6, 6.07) is 6.88. The Balaban J connectivity index is 2.29. The molecule has 0 fully saturated rings. The molecule has 0 radical (unpaired) electrons. The number of sulfone groups is 1. The summed E-state index contributed by atoms with van der Waals surface area (Å²) in [7, 11) is -3.91. The smallest absolute Gasteiger partial charge is 0.206 e. The van der Waals surface area contributed by atoms with Crippen LogP contribution in [-0.4, -0.2) is 41.9 Å². The van der Waals surface area contributed by atoms with E-state index in [1.807, 2.05) is 0 Å². The molecule has 0 aliphatic carbocycles. The van der Waals surface area contributed by atoms with Crippen LogP contribution in [0.1, 0.15) is 0 Å². The first kappa shape index (κ1) is 27.0. The summed E-state index contributed by atoms with van der Waals surface area (Å²) >= 11 is 32.2. The van der Waals surface area contributed by atoms with Gasteiger partial charge < -0.3 is 9.47 Å². The van der Waals surface area contributed by atoms with E-state index in [0.717, 1.165) is 0 Å². The van der Waals surface area contributed by atoms with Gasteiger partial charge in [0, 0.05) is 10.7 Å². The Kier molecular flexibility index (Phi) is 11.1. The van der Waals surface area contributed by atoms with Crippen LogP contribution in [0, 0.1) is 0 Å². The van der Waals surface area contributed by atoms with Gasteiger partial charge in [-0.2, -0.15) is 0 Å². The van der Waals surface area contributed by atoms with E-state index in [1.54, 1.807) is 0 Å². The summed E-state index contributed by atoms with van der Waals surface area (Å²) < 4.78 is 37.3. The molecule has 166 valence electrons. The van der Waals surface area contributed by atoms with Gasteiger partial charge in [-0.15, -0.1) is 0 Å². The first-order chi connectivity index (χ1) is 14.1. The van der Waals surface area contributed by atoms with E-state index in [-0.39, 0.29) is 40.3 Å². The molecule has 2 unspecified atom stereocenters. The van der Waals surface area contributed by atoms with Crippen LogP contribution in [-0.2, 0) is 9.84 Å². The maximum absolute atomic E-state index is 13.1. The van der Waals surface area contributed by atoms with Gasteiger partial charge in [-0.25, -0.2) is 8.42 Å². The number of alkyl halides is 4. The molecular weight excluding hydrogens is 738 g/mol. The largest absolute Gasteiger partial charge is 0.491 e. The van der Waals surface area contributed by atoms with Gasteiger partial charge in [0.05, 0.1) is 34.5 Å². The van der Waals surface area contributed by atoms with Crippen LogP contribution in [0.25, 0.3) is 0 Å². The van der Waals surface area contributed by atoms with Gasteiger partial charge in [0.15, 0.2) is 5.75 Å². The van der Waals surface area contributed by atoms with Crippen molar-refractivity contribution in [1.82, 2.24) is 0 Å². The van der Waals surface area contributed by atoms with Crippen molar-refractivity contribution in [2.45, 2.75) is 19.4 Å². The summed E-state index contributed by atoms with van der Waals surface area (Å²) in [5, 5.41) is 1.74. The van der Waals surface area contributed by atoms with E-state index in [2.05, 4.69) is 63.7 Å². The van der Waals surface area contributed by atoms with Crippen molar-refractivity contribution in [1.29, 1.82) is 0 Å². The van der Waals surface area contributed by atoms with E-state index in [0.29, 0.717) is 29.6 Å². The molecule has 2 aromatic carbocycles. The molecule has 0 aliphatic heterocycles. The van der Waals surface area contributed by atoms with Crippen LogP contribution < -0.4 is 9.47 Å². The molecule has 0 amide bonds. The fourth-order valence-electron chi connectivity index (χ4n) is 2.17. The van der Waals surface area contributed by atoms with Gasteiger partial charge in [0.1, 0.15) is 19.0 Å². The van der Waals surface area contributed by atoms with Crippen molar-refractivity contribution in [3.63, 3.8) is 0 Å². The lowest BCUT2D eigenvalue weighted by Gasteiger charge is -2.15. The monoisotopic (exact) mass is 748 g/mol. The fraction of sp³-hybridized carbons (Fsp3) is 0.333. The molecule has 2 rings (SSSR count). The van der Waals surface area contributed by atoms with Gasteiger partial charge in [0.25, 0.3) is 0 Å². The Morgan fingerprint density at radius 3 is 1.80 bits per heavy atom. The SMILES string of the molecule is O=S(=O)(c1ccc(OCC(Br)CBr)c(Cl)c1)c1cc(Cl)c(OCC(Br)CBr)c(Cl)c1. The standard InChI is InChI=1S/C18H15Br4Cl3O4S/c19-6-10(21)8-28-17-2-1-12(3-14(17)23)30(26,27)13-4-15(24)18(16(25)5-13)29-9-11(22)7-20/h1-5,10-11H,6-9H2. The zero-order valence-electron chi connectivity index (χ0n) is 15.1. The molecule has 12 heteroatoms. The molecule has 0 saturated heterocycles. The third-order valence-electron chi connectivity index (χ3n) is 3.66. The lowest BCUT2D eigenvalue weighted by atomic mass is 10.3. The molecule has 0 aliphatic rings. The van der Waals surface area contributed by atoms with Gasteiger partial charge in [-0.05, 0) is 30.3 Å². The number of benzene rings is 2. The van der Waals surface area contributed by atoms with Gasteiger partial charge in [0.2, 0.25) is 9.84 Å². The van der Waals surface area contributed by atoms with Crippen LogP contribution in [0.4, 0.5) is 0 Å². The van der Waals surface area contributed by atoms with E-state index in [1.165, 1.54) is 30.3 Å². The van der Waals surface area contributed by atoms with Crippen molar-refractivity contribution in [3.8, 4) is 11.5 Å². The predicted octanol–water partition coefficient (Wildman–Crippen LogP) is 7.55. The summed E-state index contributed by atoms with van der Waals surface area (Å²) in [5.41, 5.74) is 0. The molecule has 2 aromatic rings. The summed E-state index contributed by atoms with van der Waals surface area (Å²) in [6.07, 6.45) is 0. The maximum Gasteiger partial charge on any atom is 0.206 e. The number of hydrogen-bond acceptors (Lipinski definition) is 4. The van der Waals surface area contributed by atoms with E-state index >= 15 is 0 Å². The number of ether oxygens (including phenoxy) is 2. The summed E-state index contributed by atoms with van der Waals surface area (Å²) in [4.78, 5) is 0.0724. The third kappa shape index (κ3) is 7.14. The van der Waals surface area contributed by atoms with Crippen LogP contribution in [0.3, 0.4) is 0 Å². The molecular formula is C18H15Br4Cl3O4S. The highest BCUT2D eigenvalue weighted by atomic mass is 79.9. The summed E-state index contributed by atoms with van der Waals surface area (Å²) in [6.45, 7) is 0.673. The minimum Gasteiger partial charge on any atom is -0.491 e. The average Bonchev–Trinajstić information content (AvgIpc) is 2.71. The topological polar surface area (TPSA) is 52.6 Å². The van der Waals surface area contributed by atoms with Crippen molar-refractivity contribution in [3.05, 3.63) is 45.4 Å². The minimum absolute atomic E-state index is 0.00338. The lowest BCUT2D eigenvalue weighted by Crippen LogP contribution is -2.13. The molecule has 0 heterocycles. The Morgan fingerprint density at radius 2 is 1.30 bits per heavy atom. The Bertz CT molecular complexity index is 968. The molecule has 4 nitrogen and oxygen atoms in total. The first-order valence-electron chi connectivity index (χ1n) is 8.29. The first-order valence-corrected chi connectivity index (χ1v) is 15.0. The van der Waals surface area contributed by atoms with Gasteiger partial charge >= 0.3 is 0 Å². The molecule has 0 aromatic heterocycles. The second-order valence-corrected chi connectivity index (χ2v) is 13.0. The van der Waals surface area contributed by atoms with Crippen molar-refractivity contribution in [2.75, 3.05) is 23.9 Å². The second kappa shape index (κ2) is 12.3. The fourth-order valence-corrected chi connectivity index (χ4v) is 5.18. The molecule has 0 bridgehead atoms. The van der Waals surface area contributed by atoms with Crippen LogP contribution >= 0.6 is 98.5 Å². The van der Waals surface area contributed by atoms with E-state index in [4.69, 9.17) is 44.3 Å². The van der Waals surface area contributed by atoms with Crippen molar-refractivity contribution in [2.24, 2.45) is 0 Å². The number of rotatable bonds is 10. The maximum atomic E-state index is 13.1. The molecule has 0 saturated carbocycles. The lowest BCUT2D eigenvalue weighted by molar-refractivity contribution is 0.325. The Labute approximate surface area is 224 Å². The predicted molar refractivity (Wildman–Crippen MR) is 137 cm³/mol. The number of hydrogen-bond donors (Lipinski definition) is 0. The molecule has 2 atom stereocenters. The second-order valence-electron chi connectivity index (χ2n) is 5.94. The molecule has 0 spiro atoms. The van der Waals surface area contributed by atoms with Crippen molar-refractivity contribution >= 4 is 108 Å². The Morgan fingerprint density at radius 1 is 0.800 bits per heavy atom. The highest BCUT2D eigenvalue weighted by molar-refractivity contribution is 9.12. The normalized spacial score (nSPS) is 13.7. The zero-order valence-corrected chi connectivity index (χ0v) is 24.5.